The Bertz CT molecular complexity index is 288. The summed E-state index contributed by atoms with van der Waals surface area (Å²) >= 11 is 0. The molecule has 15 heavy (non-hydrogen) atoms. The number of fused-ring (bicyclic) bond motifs is 2. The molecular formula is C14H22O. The van der Waals surface area contributed by atoms with Crippen LogP contribution in [0.2, 0.25) is 0 Å². The highest BCUT2D eigenvalue weighted by atomic mass is 16.1. The van der Waals surface area contributed by atoms with E-state index >= 15 is 0 Å². The number of allylic oxidation sites excluding steroid dienone is 2. The Kier molecular flexibility index (Phi) is 2.74. The predicted molar refractivity (Wildman–Crippen MR) is 62.5 cm³/mol. The highest BCUT2D eigenvalue weighted by molar-refractivity contribution is 5.87. The van der Waals surface area contributed by atoms with Crippen molar-refractivity contribution >= 4 is 5.78 Å². The summed E-state index contributed by atoms with van der Waals surface area (Å²) < 4.78 is 0. The molecule has 0 aromatic rings. The second-order valence-electron chi connectivity index (χ2n) is 5.95. The van der Waals surface area contributed by atoms with E-state index in [2.05, 4.69) is 19.9 Å². The Hall–Kier alpha value is -0.590. The summed E-state index contributed by atoms with van der Waals surface area (Å²) in [5, 5.41) is 0. The van der Waals surface area contributed by atoms with Gasteiger partial charge in [-0.3, -0.25) is 4.79 Å². The van der Waals surface area contributed by atoms with Crippen LogP contribution >= 0.6 is 0 Å². The number of hydrogen-bond donors (Lipinski definition) is 0. The maximum atomic E-state index is 10.9. The van der Waals surface area contributed by atoms with Crippen LogP contribution in [-0.4, -0.2) is 5.78 Å². The van der Waals surface area contributed by atoms with Crippen molar-refractivity contribution in [2.75, 3.05) is 0 Å². The molecule has 0 N–H and O–H groups in total. The van der Waals surface area contributed by atoms with Crippen LogP contribution in [-0.2, 0) is 4.79 Å². The second-order valence-corrected chi connectivity index (χ2v) is 5.95. The van der Waals surface area contributed by atoms with Crippen molar-refractivity contribution in [1.82, 2.24) is 0 Å². The van der Waals surface area contributed by atoms with Crippen LogP contribution < -0.4 is 0 Å². The minimum Gasteiger partial charge on any atom is -0.295 e. The monoisotopic (exact) mass is 206 g/mol. The van der Waals surface area contributed by atoms with Gasteiger partial charge < -0.3 is 0 Å². The van der Waals surface area contributed by atoms with Gasteiger partial charge in [-0.25, -0.2) is 0 Å². The number of hydrogen-bond acceptors (Lipinski definition) is 1. The average Bonchev–Trinajstić information content (AvgIpc) is 2.66. The number of rotatable bonds is 3. The van der Waals surface area contributed by atoms with Crippen LogP contribution in [0, 0.1) is 23.2 Å². The lowest BCUT2D eigenvalue weighted by Gasteiger charge is -2.37. The Morgan fingerprint density at radius 2 is 2.13 bits per heavy atom. The summed E-state index contributed by atoms with van der Waals surface area (Å²) in [5.41, 5.74) is 0.504. The third-order valence-corrected chi connectivity index (χ3v) is 4.79. The van der Waals surface area contributed by atoms with Gasteiger partial charge in [-0.15, -0.1) is 0 Å². The molecular weight excluding hydrogens is 184 g/mol. The smallest absolute Gasteiger partial charge is 0.152 e. The van der Waals surface area contributed by atoms with E-state index in [0.29, 0.717) is 5.41 Å². The van der Waals surface area contributed by atoms with Gasteiger partial charge in [0.05, 0.1) is 0 Å². The first-order chi connectivity index (χ1) is 7.01. The first-order valence-electron chi connectivity index (χ1n) is 6.19. The Labute approximate surface area is 92.9 Å². The molecule has 2 saturated carbocycles. The van der Waals surface area contributed by atoms with Crippen molar-refractivity contribution in [1.29, 1.82) is 0 Å². The molecule has 0 aliphatic heterocycles. The zero-order valence-electron chi connectivity index (χ0n) is 10.1. The van der Waals surface area contributed by atoms with E-state index in [4.69, 9.17) is 0 Å². The fourth-order valence-electron chi connectivity index (χ4n) is 3.84. The highest BCUT2D eigenvalue weighted by Crippen LogP contribution is 2.60. The quantitative estimate of drug-likeness (QED) is 0.645. The van der Waals surface area contributed by atoms with Gasteiger partial charge >= 0.3 is 0 Å². The third kappa shape index (κ3) is 1.89. The molecule has 2 aliphatic rings. The molecule has 1 heteroatoms. The summed E-state index contributed by atoms with van der Waals surface area (Å²) in [6.45, 7) is 6.47. The summed E-state index contributed by atoms with van der Waals surface area (Å²) in [6, 6.07) is 0. The normalized spacial score (nSPS) is 37.7. The van der Waals surface area contributed by atoms with E-state index in [1.807, 2.05) is 0 Å². The second kappa shape index (κ2) is 3.77. The van der Waals surface area contributed by atoms with Gasteiger partial charge in [0.2, 0.25) is 0 Å². The zero-order chi connectivity index (χ0) is 11.1. The van der Waals surface area contributed by atoms with Crippen molar-refractivity contribution in [2.24, 2.45) is 23.2 Å². The minimum atomic E-state index is 0.177. The van der Waals surface area contributed by atoms with E-state index in [0.717, 1.165) is 24.2 Å². The molecule has 2 aliphatic carbocycles. The lowest BCUT2D eigenvalue weighted by atomic mass is 9.67. The van der Waals surface area contributed by atoms with Gasteiger partial charge in [-0.1, -0.05) is 19.9 Å². The van der Waals surface area contributed by atoms with Crippen LogP contribution in [0.5, 0.6) is 0 Å². The molecule has 2 fully saturated rings. The molecule has 0 saturated heterocycles. The molecule has 0 amide bonds. The summed E-state index contributed by atoms with van der Waals surface area (Å²) in [4.78, 5) is 10.9. The van der Waals surface area contributed by atoms with Gasteiger partial charge in [0.1, 0.15) is 0 Å². The van der Waals surface area contributed by atoms with Crippen molar-refractivity contribution in [3.63, 3.8) is 0 Å². The van der Waals surface area contributed by atoms with E-state index in [1.165, 1.54) is 19.3 Å². The number of ketones is 1. The summed E-state index contributed by atoms with van der Waals surface area (Å²) in [6.07, 6.45) is 9.23. The van der Waals surface area contributed by atoms with E-state index < -0.39 is 0 Å². The molecule has 2 rings (SSSR count). The minimum absolute atomic E-state index is 0.177. The molecule has 0 unspecified atom stereocenters. The van der Waals surface area contributed by atoms with E-state index in [1.54, 1.807) is 13.0 Å². The largest absolute Gasteiger partial charge is 0.295 e. The first-order valence-corrected chi connectivity index (χ1v) is 6.19. The van der Waals surface area contributed by atoms with Crippen LogP contribution in [0.25, 0.3) is 0 Å². The molecule has 0 aromatic heterocycles. The van der Waals surface area contributed by atoms with Gasteiger partial charge in [-0.2, -0.15) is 0 Å². The Morgan fingerprint density at radius 3 is 2.67 bits per heavy atom. The van der Waals surface area contributed by atoms with Crippen molar-refractivity contribution in [3.05, 3.63) is 12.2 Å². The molecule has 0 spiro atoms. The summed E-state index contributed by atoms with van der Waals surface area (Å²) in [7, 11) is 0. The van der Waals surface area contributed by atoms with Gasteiger partial charge in [-0.05, 0) is 61.9 Å². The Morgan fingerprint density at radius 1 is 1.40 bits per heavy atom. The van der Waals surface area contributed by atoms with Gasteiger partial charge in [0.25, 0.3) is 0 Å². The molecule has 0 aromatic carbocycles. The molecule has 0 radical (unpaired) electrons. The topological polar surface area (TPSA) is 17.1 Å². The fourth-order valence-corrected chi connectivity index (χ4v) is 3.84. The zero-order valence-corrected chi connectivity index (χ0v) is 10.1. The van der Waals surface area contributed by atoms with Gasteiger partial charge in [0.15, 0.2) is 5.78 Å². The van der Waals surface area contributed by atoms with Crippen molar-refractivity contribution in [2.45, 2.75) is 46.5 Å². The third-order valence-electron chi connectivity index (χ3n) is 4.79. The molecule has 1 nitrogen and oxygen atoms in total. The van der Waals surface area contributed by atoms with Crippen LogP contribution in [0.3, 0.4) is 0 Å². The van der Waals surface area contributed by atoms with Crippen molar-refractivity contribution in [3.8, 4) is 0 Å². The van der Waals surface area contributed by atoms with Gasteiger partial charge in [0, 0.05) is 0 Å². The van der Waals surface area contributed by atoms with E-state index in [-0.39, 0.29) is 5.78 Å². The Balaban J connectivity index is 2.00. The van der Waals surface area contributed by atoms with Crippen LogP contribution in [0.1, 0.15) is 46.5 Å². The molecule has 3 atom stereocenters. The molecule has 84 valence electrons. The lowest BCUT2D eigenvalue weighted by Crippen LogP contribution is -2.30. The predicted octanol–water partition coefficient (Wildman–Crippen LogP) is 3.59. The highest BCUT2D eigenvalue weighted by Gasteiger charge is 2.51. The van der Waals surface area contributed by atoms with Crippen LogP contribution in [0.15, 0.2) is 12.2 Å². The van der Waals surface area contributed by atoms with Crippen LogP contribution in [0.4, 0.5) is 0 Å². The molecule has 2 bridgehead atoms. The maximum absolute atomic E-state index is 10.9. The fraction of sp³-hybridized carbons (Fsp3) is 0.786. The molecule has 0 heterocycles. The van der Waals surface area contributed by atoms with E-state index in [9.17, 15) is 4.79 Å². The lowest BCUT2D eigenvalue weighted by molar-refractivity contribution is -0.112. The number of carbonyl (C=O) groups excluding carboxylic acids is 1. The van der Waals surface area contributed by atoms with Crippen molar-refractivity contribution < 1.29 is 4.79 Å². The average molecular weight is 206 g/mol. The summed E-state index contributed by atoms with van der Waals surface area (Å²) in [5.74, 6) is 2.86. The number of carbonyl (C=O) groups is 1. The maximum Gasteiger partial charge on any atom is 0.152 e. The SMILES string of the molecule is CC(=O)/C=C/C[C@@H]1[C@@H]2CC[C@@H](C2)C1(C)C. The standard InChI is InChI=1S/C14H22O/c1-10(15)5-4-6-13-11-7-8-12(9-11)14(13,2)3/h4-5,11-13H,6-9H2,1-3H3/b5-4+/t11-,12+,13-/m1/s1. The first kappa shape index (κ1) is 10.9.